The molecule has 1 aliphatic rings. The summed E-state index contributed by atoms with van der Waals surface area (Å²) in [5.74, 6) is -7.91. The van der Waals surface area contributed by atoms with E-state index in [1.165, 1.54) is 6.92 Å². The van der Waals surface area contributed by atoms with Crippen LogP contribution in [0.5, 0.6) is 0 Å². The van der Waals surface area contributed by atoms with Crippen molar-refractivity contribution in [2.75, 3.05) is 6.54 Å². The maximum Gasteiger partial charge on any atom is 1.00 e. The number of carboxylic acids is 2. The number of hydrogen-bond acceptors (Lipinski definition) is 8. The molecule has 0 bridgehead atoms. The van der Waals surface area contributed by atoms with Crippen LogP contribution in [0.25, 0.3) is 0 Å². The van der Waals surface area contributed by atoms with Crippen molar-refractivity contribution >= 4 is 23.8 Å². The van der Waals surface area contributed by atoms with Crippen molar-refractivity contribution in [2.45, 2.75) is 69.2 Å². The first-order valence-electron chi connectivity index (χ1n) is 13.1. The van der Waals surface area contributed by atoms with E-state index in [2.05, 4.69) is 10.6 Å². The molecule has 0 aliphatic carbocycles. The van der Waals surface area contributed by atoms with Crippen LogP contribution in [-0.4, -0.2) is 65.4 Å². The monoisotopic (exact) mass is 590 g/mol. The molecule has 2 aromatic carbocycles. The second kappa shape index (κ2) is 17.5. The maximum absolute atomic E-state index is 13.9. The normalized spacial score (nSPS) is 18.0. The van der Waals surface area contributed by atoms with Gasteiger partial charge in [-0.2, -0.15) is 0 Å². The van der Waals surface area contributed by atoms with E-state index in [1.807, 2.05) is 30.3 Å². The molecule has 0 spiro atoms. The van der Waals surface area contributed by atoms with Crippen LogP contribution in [-0.2, 0) is 32.0 Å². The zero-order chi connectivity index (χ0) is 30.3. The smallest absolute Gasteiger partial charge is 0.548 e. The molecule has 10 nitrogen and oxygen atoms in total. The van der Waals surface area contributed by atoms with E-state index in [4.69, 9.17) is 5.73 Å². The van der Waals surface area contributed by atoms with E-state index in [-0.39, 0.29) is 75.5 Å². The summed E-state index contributed by atoms with van der Waals surface area (Å²) in [6, 6.07) is 4.74. The van der Waals surface area contributed by atoms with Gasteiger partial charge < -0.3 is 35.8 Å². The van der Waals surface area contributed by atoms with E-state index >= 15 is 0 Å². The molecule has 15 heteroatoms. The number of likely N-dealkylation sites (tertiary alicyclic amines) is 1. The van der Waals surface area contributed by atoms with Crippen LogP contribution < -0.4 is 64.3 Å². The van der Waals surface area contributed by atoms with Gasteiger partial charge in [0.2, 0.25) is 11.8 Å². The number of carboxylic acid groups (broad SMARTS) is 2. The van der Waals surface area contributed by atoms with Crippen LogP contribution in [0.3, 0.4) is 0 Å². The fourth-order valence-corrected chi connectivity index (χ4v) is 4.85. The number of benzene rings is 2. The quantitative estimate of drug-likeness (QED) is 0.153. The fraction of sp³-hybridized carbons (Fsp3) is 0.429. The van der Waals surface area contributed by atoms with Gasteiger partial charge in [-0.3, -0.25) is 14.9 Å². The number of rotatable bonds is 13. The van der Waals surface area contributed by atoms with E-state index < -0.39 is 71.4 Å². The third-order valence-corrected chi connectivity index (χ3v) is 6.91. The molecule has 3 rings (SSSR count). The summed E-state index contributed by atoms with van der Waals surface area (Å²) in [5, 5.41) is 28.7. The summed E-state index contributed by atoms with van der Waals surface area (Å²) >= 11 is 0. The van der Waals surface area contributed by atoms with Gasteiger partial charge in [-0.05, 0) is 49.8 Å². The molecule has 2 amide bonds. The van der Waals surface area contributed by atoms with Crippen molar-refractivity contribution in [3.63, 3.8) is 0 Å². The molecule has 1 aliphatic heterocycles. The Morgan fingerprint density at radius 3 is 2.26 bits per heavy atom. The number of carbonyl (C=O) groups is 4. The summed E-state index contributed by atoms with van der Waals surface area (Å²) in [7, 11) is 0. The summed E-state index contributed by atoms with van der Waals surface area (Å²) in [4.78, 5) is 50.1. The number of amides is 2. The first kappa shape index (κ1) is 38.2. The van der Waals surface area contributed by atoms with Crippen molar-refractivity contribution < 1.29 is 80.3 Å². The molecule has 0 saturated carbocycles. The average Bonchev–Trinajstić information content (AvgIpc) is 3.33. The van der Waals surface area contributed by atoms with Gasteiger partial charge in [-0.1, -0.05) is 30.3 Å². The van der Waals surface area contributed by atoms with E-state index in [9.17, 15) is 42.6 Å². The number of nitrogens with one attached hydrogen (secondary N) is 2. The Bertz CT molecular complexity index is 1280. The van der Waals surface area contributed by atoms with E-state index in [1.54, 1.807) is 0 Å². The molecule has 43 heavy (non-hydrogen) atoms. The summed E-state index contributed by atoms with van der Waals surface area (Å²) in [5.41, 5.74) is 6.57. The van der Waals surface area contributed by atoms with Gasteiger partial charge in [-0.25, -0.2) is 13.2 Å². The van der Waals surface area contributed by atoms with Gasteiger partial charge in [0.15, 0.2) is 11.6 Å². The number of aryl methyl sites for hydroxylation is 1. The molecular weight excluding hydrogens is 559 g/mol. The molecule has 0 radical (unpaired) electrons. The molecule has 222 valence electrons. The number of halogens is 3. The first-order chi connectivity index (χ1) is 19.3. The van der Waals surface area contributed by atoms with Crippen LogP contribution >= 0.6 is 0 Å². The molecular formula is C28H31F3Li2N4O6. The Hall–Kier alpha value is -2.78. The standard InChI is InChI=1S/C28H33F3N4O6.2Li/c1-15(33-23(27(38)39)8-7-16-5-3-2-4-6-16)26(37)35-14-19(12-24(35)28(40)41)34-25(36)11-18(32)9-17-10-21(30)22(31)13-20(17)29;;/h2-6,10,13,15,18-19,23-24,33H,7-9,11-12,14,32H2,1H3,(H,34,36)(H,38,39)(H,40,41);;/q;2*+1/p-2/t15-,18+,19-,23-,24-;;/m0../s1. The van der Waals surface area contributed by atoms with Crippen LogP contribution in [0, 0.1) is 17.5 Å². The van der Waals surface area contributed by atoms with Crippen molar-refractivity contribution in [1.82, 2.24) is 15.5 Å². The molecule has 0 unspecified atom stereocenters. The van der Waals surface area contributed by atoms with E-state index in [0.717, 1.165) is 10.5 Å². The fourth-order valence-electron chi connectivity index (χ4n) is 4.85. The largest absolute Gasteiger partial charge is 1.00 e. The minimum atomic E-state index is -1.55. The predicted molar refractivity (Wildman–Crippen MR) is 136 cm³/mol. The molecule has 4 N–H and O–H groups in total. The average molecular weight is 590 g/mol. The first-order valence-corrected chi connectivity index (χ1v) is 13.1. The molecule has 5 atom stereocenters. The van der Waals surface area contributed by atoms with Crippen molar-refractivity contribution in [1.29, 1.82) is 0 Å². The minimum absolute atomic E-state index is 0. The predicted octanol–water partition coefficient (Wildman–Crippen LogP) is -7.06. The SMILES string of the molecule is C[C@H](N[C@@H](CCc1ccccc1)C(=O)[O-])C(=O)N1C[C@@H](NC(=O)C[C@H](N)Cc2cc(F)c(F)cc2F)C[C@H]1C(=O)[O-].[Li+].[Li+]. The third-order valence-electron chi connectivity index (χ3n) is 6.91. The number of nitrogens with two attached hydrogens (primary N) is 1. The van der Waals surface area contributed by atoms with Gasteiger partial charge >= 0.3 is 37.7 Å². The van der Waals surface area contributed by atoms with Gasteiger partial charge in [0.05, 0.1) is 24.0 Å². The Balaban J connectivity index is 0.00000462. The molecule has 1 fully saturated rings. The Morgan fingerprint density at radius 2 is 1.65 bits per heavy atom. The zero-order valence-corrected chi connectivity index (χ0v) is 24.3. The molecule has 0 aromatic heterocycles. The second-order valence-electron chi connectivity index (χ2n) is 10.1. The third kappa shape index (κ3) is 11.0. The summed E-state index contributed by atoms with van der Waals surface area (Å²) in [6.45, 7) is 1.21. The van der Waals surface area contributed by atoms with Gasteiger partial charge in [-0.15, -0.1) is 0 Å². The van der Waals surface area contributed by atoms with E-state index in [0.29, 0.717) is 18.6 Å². The minimum Gasteiger partial charge on any atom is -0.548 e. The summed E-state index contributed by atoms with van der Waals surface area (Å²) in [6.07, 6.45) is -0.247. The summed E-state index contributed by atoms with van der Waals surface area (Å²) < 4.78 is 40.5. The van der Waals surface area contributed by atoms with Crippen molar-refractivity contribution in [3.8, 4) is 0 Å². The molecule has 2 aromatic rings. The van der Waals surface area contributed by atoms with Crippen LogP contribution in [0.1, 0.15) is 37.3 Å². The van der Waals surface area contributed by atoms with Crippen LogP contribution in [0.2, 0.25) is 0 Å². The van der Waals surface area contributed by atoms with Crippen LogP contribution in [0.15, 0.2) is 42.5 Å². The maximum atomic E-state index is 13.9. The topological polar surface area (TPSA) is 168 Å². The molecule has 1 heterocycles. The van der Waals surface area contributed by atoms with Crippen LogP contribution in [0.4, 0.5) is 13.2 Å². The number of nitrogens with zero attached hydrogens (tertiary/aromatic N) is 1. The Labute approximate surface area is 271 Å². The Morgan fingerprint density at radius 1 is 1.02 bits per heavy atom. The zero-order valence-electron chi connectivity index (χ0n) is 24.3. The number of carbonyl (C=O) groups excluding carboxylic acids is 4. The van der Waals surface area contributed by atoms with Gasteiger partial charge in [0, 0.05) is 37.2 Å². The molecule has 1 saturated heterocycles. The van der Waals surface area contributed by atoms with Gasteiger partial charge in [0.25, 0.3) is 0 Å². The second-order valence-corrected chi connectivity index (χ2v) is 10.1. The van der Waals surface area contributed by atoms with Crippen molar-refractivity contribution in [3.05, 3.63) is 71.0 Å². The Kier molecular flexibility index (Phi) is 15.6. The number of hydrogen-bond donors (Lipinski definition) is 3. The van der Waals surface area contributed by atoms with Gasteiger partial charge in [0.1, 0.15) is 5.82 Å². The number of aliphatic carboxylic acids is 2. The van der Waals surface area contributed by atoms with Crippen molar-refractivity contribution in [2.24, 2.45) is 5.73 Å².